The summed E-state index contributed by atoms with van der Waals surface area (Å²) < 4.78 is 0.822. The van der Waals surface area contributed by atoms with Crippen molar-refractivity contribution in [2.45, 2.75) is 18.9 Å². The van der Waals surface area contributed by atoms with Crippen molar-refractivity contribution in [3.8, 4) is 0 Å². The van der Waals surface area contributed by atoms with Gasteiger partial charge in [0.25, 0.3) is 0 Å². The number of primary amides is 1. The number of hydrogen-bond donors (Lipinski definition) is 1. The van der Waals surface area contributed by atoms with Gasteiger partial charge in [-0.15, -0.1) is 11.3 Å². The predicted octanol–water partition coefficient (Wildman–Crippen LogP) is 1.64. The van der Waals surface area contributed by atoms with Gasteiger partial charge in [-0.25, -0.2) is 0 Å². The number of carbonyl (C=O) groups excluding carboxylic acids is 2. The zero-order chi connectivity index (χ0) is 12.4. The molecule has 0 saturated carbocycles. The molecule has 1 amide bonds. The van der Waals surface area contributed by atoms with Crippen molar-refractivity contribution in [1.82, 2.24) is 4.90 Å². The first-order chi connectivity index (χ1) is 8.09. The van der Waals surface area contributed by atoms with Crippen molar-refractivity contribution in [2.24, 2.45) is 5.73 Å². The fourth-order valence-electron chi connectivity index (χ4n) is 2.09. The number of amides is 1. The zero-order valence-corrected chi connectivity index (χ0v) is 11.6. The molecule has 0 radical (unpaired) electrons. The molecule has 4 nitrogen and oxygen atoms in total. The van der Waals surface area contributed by atoms with Crippen LogP contribution in [-0.4, -0.2) is 35.7 Å². The van der Waals surface area contributed by atoms with Crippen molar-refractivity contribution in [3.05, 3.63) is 20.8 Å². The van der Waals surface area contributed by atoms with Crippen molar-refractivity contribution in [3.63, 3.8) is 0 Å². The molecule has 92 valence electrons. The van der Waals surface area contributed by atoms with Gasteiger partial charge in [-0.3, -0.25) is 14.5 Å². The zero-order valence-electron chi connectivity index (χ0n) is 9.19. The minimum atomic E-state index is -0.333. The number of halogens is 1. The minimum Gasteiger partial charge on any atom is -0.368 e. The number of Topliss-reactive ketones (excluding diaryl/α,β-unsaturated/α-hetero) is 1. The number of rotatable bonds is 4. The summed E-state index contributed by atoms with van der Waals surface area (Å²) >= 11 is 4.75. The summed E-state index contributed by atoms with van der Waals surface area (Å²) in [5.41, 5.74) is 5.31. The van der Waals surface area contributed by atoms with E-state index in [-0.39, 0.29) is 24.3 Å². The van der Waals surface area contributed by atoms with Crippen LogP contribution in [0.25, 0.3) is 0 Å². The van der Waals surface area contributed by atoms with Crippen molar-refractivity contribution in [2.75, 3.05) is 13.1 Å². The third-order valence-corrected chi connectivity index (χ3v) is 4.79. The molecule has 0 bridgehead atoms. The average Bonchev–Trinajstić information content (AvgIpc) is 2.86. The maximum Gasteiger partial charge on any atom is 0.234 e. The molecule has 1 aliphatic heterocycles. The molecule has 6 heteroatoms. The van der Waals surface area contributed by atoms with E-state index in [1.54, 1.807) is 0 Å². The summed E-state index contributed by atoms with van der Waals surface area (Å²) in [4.78, 5) is 25.8. The molecular weight excluding hydrogens is 304 g/mol. The molecule has 0 spiro atoms. The third-order valence-electron chi connectivity index (χ3n) is 2.91. The van der Waals surface area contributed by atoms with Crippen LogP contribution < -0.4 is 5.73 Å². The molecule has 1 fully saturated rings. The van der Waals surface area contributed by atoms with Crippen molar-refractivity contribution in [1.29, 1.82) is 0 Å². The van der Waals surface area contributed by atoms with Crippen LogP contribution in [0.5, 0.6) is 0 Å². The van der Waals surface area contributed by atoms with Crippen LogP contribution >= 0.6 is 27.3 Å². The number of ketones is 1. The van der Waals surface area contributed by atoms with Gasteiger partial charge in [-0.05, 0) is 46.8 Å². The Bertz CT molecular complexity index is 446. The molecule has 0 aliphatic carbocycles. The Labute approximate surface area is 112 Å². The quantitative estimate of drug-likeness (QED) is 0.859. The summed E-state index contributed by atoms with van der Waals surface area (Å²) in [6, 6.07) is 1.57. The molecule has 17 heavy (non-hydrogen) atoms. The largest absolute Gasteiger partial charge is 0.368 e. The normalized spacial score (nSPS) is 20.6. The minimum absolute atomic E-state index is 0.0417. The third kappa shape index (κ3) is 2.75. The standard InChI is InChI=1S/C11H13BrN2O2S/c12-7-3-5-17-10(7)9(15)6-14-4-1-2-8(14)11(13)16/h3,5,8H,1-2,4,6H2,(H2,13,16). The molecule has 2 rings (SSSR count). The summed E-state index contributed by atoms with van der Waals surface area (Å²) in [5.74, 6) is -0.291. The molecule has 1 unspecified atom stereocenters. The second-order valence-corrected chi connectivity index (χ2v) is 5.82. The predicted molar refractivity (Wildman–Crippen MR) is 70.1 cm³/mol. The number of hydrogen-bond acceptors (Lipinski definition) is 4. The maximum atomic E-state index is 12.0. The Morgan fingerprint density at radius 2 is 2.35 bits per heavy atom. The Morgan fingerprint density at radius 1 is 1.59 bits per heavy atom. The number of likely N-dealkylation sites (tertiary alicyclic amines) is 1. The number of nitrogens with zero attached hydrogens (tertiary/aromatic N) is 1. The van der Waals surface area contributed by atoms with E-state index in [1.165, 1.54) is 11.3 Å². The molecular formula is C11H13BrN2O2S. The Kier molecular flexibility index (Phi) is 3.96. The fraction of sp³-hybridized carbons (Fsp3) is 0.455. The van der Waals surface area contributed by atoms with E-state index in [4.69, 9.17) is 5.73 Å². The molecule has 2 N–H and O–H groups in total. The monoisotopic (exact) mass is 316 g/mol. The van der Waals surface area contributed by atoms with Crippen LogP contribution in [0.2, 0.25) is 0 Å². The van der Waals surface area contributed by atoms with Gasteiger partial charge >= 0.3 is 0 Å². The Hall–Kier alpha value is -0.720. The van der Waals surface area contributed by atoms with Gasteiger partial charge in [0, 0.05) is 4.47 Å². The topological polar surface area (TPSA) is 63.4 Å². The van der Waals surface area contributed by atoms with Gasteiger partial charge in [0.05, 0.1) is 17.5 Å². The lowest BCUT2D eigenvalue weighted by Gasteiger charge is -2.20. The molecule has 2 heterocycles. The number of carbonyl (C=O) groups is 2. The number of nitrogens with two attached hydrogens (primary N) is 1. The lowest BCUT2D eigenvalue weighted by Crippen LogP contribution is -2.42. The first kappa shape index (κ1) is 12.7. The lowest BCUT2D eigenvalue weighted by atomic mass is 10.2. The summed E-state index contributed by atoms with van der Waals surface area (Å²) in [7, 11) is 0. The van der Waals surface area contributed by atoms with E-state index in [2.05, 4.69) is 15.9 Å². The van der Waals surface area contributed by atoms with Crippen LogP contribution in [-0.2, 0) is 4.79 Å². The molecule has 1 aliphatic rings. The van der Waals surface area contributed by atoms with Gasteiger partial charge < -0.3 is 5.73 Å². The van der Waals surface area contributed by atoms with Gasteiger partial charge in [0.2, 0.25) is 5.91 Å². The van der Waals surface area contributed by atoms with E-state index >= 15 is 0 Å². The second kappa shape index (κ2) is 5.29. The highest BCUT2D eigenvalue weighted by molar-refractivity contribution is 9.10. The summed E-state index contributed by atoms with van der Waals surface area (Å²) in [6.45, 7) is 1.04. The average molecular weight is 317 g/mol. The van der Waals surface area contributed by atoms with E-state index in [0.29, 0.717) is 4.88 Å². The van der Waals surface area contributed by atoms with Crippen LogP contribution in [0.4, 0.5) is 0 Å². The van der Waals surface area contributed by atoms with E-state index in [1.807, 2.05) is 16.3 Å². The molecule has 0 aromatic carbocycles. The molecule has 1 saturated heterocycles. The van der Waals surface area contributed by atoms with E-state index in [0.717, 1.165) is 23.9 Å². The lowest BCUT2D eigenvalue weighted by molar-refractivity contribution is -0.122. The van der Waals surface area contributed by atoms with Gasteiger partial charge in [-0.1, -0.05) is 0 Å². The van der Waals surface area contributed by atoms with E-state index < -0.39 is 0 Å². The highest BCUT2D eigenvalue weighted by atomic mass is 79.9. The smallest absolute Gasteiger partial charge is 0.234 e. The van der Waals surface area contributed by atoms with Crippen LogP contribution in [0.3, 0.4) is 0 Å². The SMILES string of the molecule is NC(=O)C1CCCN1CC(=O)c1sccc1Br. The highest BCUT2D eigenvalue weighted by Crippen LogP contribution is 2.24. The van der Waals surface area contributed by atoms with Gasteiger partial charge in [-0.2, -0.15) is 0 Å². The molecule has 1 aromatic rings. The molecule has 1 aromatic heterocycles. The summed E-state index contributed by atoms with van der Waals surface area (Å²) in [6.07, 6.45) is 1.68. The van der Waals surface area contributed by atoms with Crippen LogP contribution in [0, 0.1) is 0 Å². The first-order valence-electron chi connectivity index (χ1n) is 5.39. The van der Waals surface area contributed by atoms with Crippen molar-refractivity contribution >= 4 is 39.0 Å². The first-order valence-corrected chi connectivity index (χ1v) is 7.06. The Balaban J connectivity index is 2.04. The second-order valence-electron chi connectivity index (χ2n) is 4.05. The van der Waals surface area contributed by atoms with E-state index in [9.17, 15) is 9.59 Å². The van der Waals surface area contributed by atoms with Crippen LogP contribution in [0.1, 0.15) is 22.5 Å². The van der Waals surface area contributed by atoms with Crippen molar-refractivity contribution < 1.29 is 9.59 Å². The maximum absolute atomic E-state index is 12.0. The summed E-state index contributed by atoms with van der Waals surface area (Å²) in [5, 5.41) is 1.87. The fourth-order valence-corrected chi connectivity index (χ4v) is 3.61. The molecule has 1 atom stereocenters. The Morgan fingerprint density at radius 3 is 2.94 bits per heavy atom. The van der Waals surface area contributed by atoms with Gasteiger partial charge in [0.1, 0.15) is 0 Å². The highest BCUT2D eigenvalue weighted by Gasteiger charge is 2.30. The number of thiophene rings is 1. The van der Waals surface area contributed by atoms with Crippen LogP contribution in [0.15, 0.2) is 15.9 Å². The van der Waals surface area contributed by atoms with Gasteiger partial charge in [0.15, 0.2) is 5.78 Å².